The summed E-state index contributed by atoms with van der Waals surface area (Å²) in [6, 6.07) is 9.14. The van der Waals surface area contributed by atoms with E-state index in [-0.39, 0.29) is 0 Å². The Kier molecular flexibility index (Phi) is 5.02. The van der Waals surface area contributed by atoms with E-state index in [0.29, 0.717) is 6.54 Å². The van der Waals surface area contributed by atoms with Crippen LogP contribution in [0.4, 0.5) is 0 Å². The van der Waals surface area contributed by atoms with Gasteiger partial charge in [0.2, 0.25) is 0 Å². The molecule has 1 aliphatic carbocycles. The molecule has 2 nitrogen and oxygen atoms in total. The summed E-state index contributed by atoms with van der Waals surface area (Å²) in [5.74, 6) is 0.815. The van der Waals surface area contributed by atoms with Gasteiger partial charge in [-0.2, -0.15) is 0 Å². The zero-order chi connectivity index (χ0) is 11.9. The highest BCUT2D eigenvalue weighted by Crippen LogP contribution is 2.32. The number of nitrogens with two attached hydrogens (primary N) is 1. The number of rotatable bonds is 5. The molecule has 1 aromatic carbocycles. The molecule has 3 N–H and O–H groups in total. The summed E-state index contributed by atoms with van der Waals surface area (Å²) in [7, 11) is 0. The van der Waals surface area contributed by atoms with E-state index < -0.39 is 0 Å². The highest BCUT2D eigenvalue weighted by Gasteiger charge is 2.14. The van der Waals surface area contributed by atoms with Crippen LogP contribution >= 0.6 is 0 Å². The summed E-state index contributed by atoms with van der Waals surface area (Å²) >= 11 is 0. The Hall–Kier alpha value is -0.860. The molecule has 2 rings (SSSR count). The molecule has 0 aromatic heterocycles. The minimum absolute atomic E-state index is 0.708. The van der Waals surface area contributed by atoms with Crippen LogP contribution in [-0.2, 0) is 6.54 Å². The van der Waals surface area contributed by atoms with Crippen molar-refractivity contribution in [1.29, 1.82) is 0 Å². The van der Waals surface area contributed by atoms with E-state index in [1.807, 2.05) is 0 Å². The van der Waals surface area contributed by atoms with Gasteiger partial charge in [0.1, 0.15) is 0 Å². The second-order valence-electron chi connectivity index (χ2n) is 5.04. The first-order valence-corrected chi connectivity index (χ1v) is 6.90. The highest BCUT2D eigenvalue weighted by molar-refractivity contribution is 5.25. The average molecular weight is 232 g/mol. The van der Waals surface area contributed by atoms with Crippen LogP contribution in [0.1, 0.15) is 49.1 Å². The molecule has 0 heterocycles. The van der Waals surface area contributed by atoms with Crippen molar-refractivity contribution in [2.75, 3.05) is 13.1 Å². The molecule has 0 bridgehead atoms. The van der Waals surface area contributed by atoms with Gasteiger partial charge in [-0.25, -0.2) is 0 Å². The summed E-state index contributed by atoms with van der Waals surface area (Å²) in [6.45, 7) is 2.53. The van der Waals surface area contributed by atoms with Gasteiger partial charge in [0.05, 0.1) is 0 Å². The van der Waals surface area contributed by atoms with Gasteiger partial charge in [-0.3, -0.25) is 0 Å². The topological polar surface area (TPSA) is 38.0 Å². The molecule has 0 unspecified atom stereocenters. The fraction of sp³-hybridized carbons (Fsp3) is 0.600. The van der Waals surface area contributed by atoms with Gasteiger partial charge < -0.3 is 11.1 Å². The molecule has 2 heteroatoms. The summed E-state index contributed by atoms with van der Waals surface area (Å²) in [5, 5.41) is 3.33. The maximum absolute atomic E-state index is 5.45. The third-order valence-electron chi connectivity index (χ3n) is 3.71. The third-order valence-corrected chi connectivity index (χ3v) is 3.71. The van der Waals surface area contributed by atoms with Gasteiger partial charge >= 0.3 is 0 Å². The second kappa shape index (κ2) is 6.77. The van der Waals surface area contributed by atoms with Crippen LogP contribution in [0.2, 0.25) is 0 Å². The second-order valence-corrected chi connectivity index (χ2v) is 5.04. The van der Waals surface area contributed by atoms with Gasteiger partial charge in [0.15, 0.2) is 0 Å². The lowest BCUT2D eigenvalue weighted by atomic mass is 9.84. The number of nitrogens with one attached hydrogen (secondary N) is 1. The van der Waals surface area contributed by atoms with Crippen molar-refractivity contribution in [2.24, 2.45) is 5.73 Å². The molecule has 0 radical (unpaired) electrons. The van der Waals surface area contributed by atoms with Crippen molar-refractivity contribution in [1.82, 2.24) is 5.32 Å². The van der Waals surface area contributed by atoms with Crippen LogP contribution in [0.25, 0.3) is 0 Å². The average Bonchev–Trinajstić information content (AvgIpc) is 2.41. The third kappa shape index (κ3) is 3.83. The molecule has 17 heavy (non-hydrogen) atoms. The Morgan fingerprint density at radius 3 is 2.41 bits per heavy atom. The maximum atomic E-state index is 5.45. The van der Waals surface area contributed by atoms with Crippen LogP contribution in [0.3, 0.4) is 0 Å². The first-order chi connectivity index (χ1) is 8.40. The van der Waals surface area contributed by atoms with Crippen LogP contribution in [0, 0.1) is 0 Å². The Balaban J connectivity index is 1.88. The fourth-order valence-electron chi connectivity index (χ4n) is 2.68. The lowest BCUT2D eigenvalue weighted by Gasteiger charge is -2.22. The lowest BCUT2D eigenvalue weighted by molar-refractivity contribution is 0.443. The predicted molar refractivity (Wildman–Crippen MR) is 73.0 cm³/mol. The highest BCUT2D eigenvalue weighted by atomic mass is 14.9. The predicted octanol–water partition coefficient (Wildman–Crippen LogP) is 2.78. The zero-order valence-electron chi connectivity index (χ0n) is 10.6. The molecule has 0 aliphatic heterocycles. The summed E-state index contributed by atoms with van der Waals surface area (Å²) < 4.78 is 0. The zero-order valence-corrected chi connectivity index (χ0v) is 10.6. The molecule has 1 aliphatic rings. The van der Waals surface area contributed by atoms with E-state index in [0.717, 1.165) is 19.0 Å². The monoisotopic (exact) mass is 232 g/mol. The van der Waals surface area contributed by atoms with Crippen LogP contribution < -0.4 is 11.1 Å². The van der Waals surface area contributed by atoms with E-state index in [4.69, 9.17) is 5.73 Å². The van der Waals surface area contributed by atoms with Crippen LogP contribution in [0.5, 0.6) is 0 Å². The van der Waals surface area contributed by atoms with Gasteiger partial charge in [0.25, 0.3) is 0 Å². The SMILES string of the molecule is NCCNCc1ccc(C2CCCCC2)cc1. The van der Waals surface area contributed by atoms with Crippen molar-refractivity contribution in [3.05, 3.63) is 35.4 Å². The summed E-state index contributed by atoms with van der Waals surface area (Å²) in [4.78, 5) is 0. The van der Waals surface area contributed by atoms with Gasteiger partial charge in [0, 0.05) is 19.6 Å². The first-order valence-electron chi connectivity index (χ1n) is 6.90. The molecule has 0 amide bonds. The van der Waals surface area contributed by atoms with Crippen molar-refractivity contribution < 1.29 is 0 Å². The van der Waals surface area contributed by atoms with Crippen LogP contribution in [-0.4, -0.2) is 13.1 Å². The molecule has 1 saturated carbocycles. The minimum atomic E-state index is 0.708. The van der Waals surface area contributed by atoms with Crippen molar-refractivity contribution in [3.63, 3.8) is 0 Å². The molecule has 1 fully saturated rings. The molecule has 0 saturated heterocycles. The molecule has 0 spiro atoms. The van der Waals surface area contributed by atoms with Gasteiger partial charge in [-0.1, -0.05) is 43.5 Å². The number of hydrogen-bond donors (Lipinski definition) is 2. The summed E-state index contributed by atoms with van der Waals surface area (Å²) in [5.41, 5.74) is 8.35. The Labute approximate surface area is 105 Å². The van der Waals surface area contributed by atoms with Crippen molar-refractivity contribution in [2.45, 2.75) is 44.6 Å². The molecule has 94 valence electrons. The smallest absolute Gasteiger partial charge is 0.0206 e. The van der Waals surface area contributed by atoms with E-state index >= 15 is 0 Å². The van der Waals surface area contributed by atoms with E-state index in [9.17, 15) is 0 Å². The van der Waals surface area contributed by atoms with Crippen LogP contribution in [0.15, 0.2) is 24.3 Å². The van der Waals surface area contributed by atoms with Gasteiger partial charge in [-0.05, 0) is 29.9 Å². The van der Waals surface area contributed by atoms with E-state index in [1.54, 1.807) is 0 Å². The molecule has 0 atom stereocenters. The van der Waals surface area contributed by atoms with Crippen molar-refractivity contribution >= 4 is 0 Å². The lowest BCUT2D eigenvalue weighted by Crippen LogP contribution is -2.21. The quantitative estimate of drug-likeness (QED) is 0.766. The van der Waals surface area contributed by atoms with E-state index in [1.165, 1.54) is 43.2 Å². The van der Waals surface area contributed by atoms with Gasteiger partial charge in [-0.15, -0.1) is 0 Å². The standard InChI is InChI=1S/C15H24N2/c16-10-11-17-12-13-6-8-15(9-7-13)14-4-2-1-3-5-14/h6-9,14,17H,1-5,10-12,16H2. The molecular formula is C15H24N2. The van der Waals surface area contributed by atoms with E-state index in [2.05, 4.69) is 29.6 Å². The Morgan fingerprint density at radius 2 is 1.76 bits per heavy atom. The Morgan fingerprint density at radius 1 is 1.06 bits per heavy atom. The van der Waals surface area contributed by atoms with Crippen molar-refractivity contribution in [3.8, 4) is 0 Å². The number of hydrogen-bond acceptors (Lipinski definition) is 2. The molecular weight excluding hydrogens is 208 g/mol. The summed E-state index contributed by atoms with van der Waals surface area (Å²) in [6.07, 6.45) is 7.00. The Bertz CT molecular complexity index is 312. The normalized spacial score (nSPS) is 17.2. The minimum Gasteiger partial charge on any atom is -0.329 e. The largest absolute Gasteiger partial charge is 0.329 e. The number of benzene rings is 1. The maximum Gasteiger partial charge on any atom is 0.0206 e. The fourth-order valence-corrected chi connectivity index (χ4v) is 2.68. The first kappa shape index (κ1) is 12.6. The molecule has 1 aromatic rings.